The van der Waals surface area contributed by atoms with Gasteiger partial charge in [-0.05, 0) is 49.9 Å². The molecule has 24 heavy (non-hydrogen) atoms. The molecule has 2 aliphatic heterocycles. The van der Waals surface area contributed by atoms with Crippen LogP contribution in [0.3, 0.4) is 0 Å². The van der Waals surface area contributed by atoms with E-state index in [0.29, 0.717) is 12.1 Å². The predicted molar refractivity (Wildman–Crippen MR) is 105 cm³/mol. The zero-order valence-corrected chi connectivity index (χ0v) is 15.1. The van der Waals surface area contributed by atoms with Gasteiger partial charge in [0.2, 0.25) is 0 Å². The van der Waals surface area contributed by atoms with E-state index in [1.54, 1.807) is 0 Å². The second-order valence-corrected chi connectivity index (χ2v) is 6.47. The van der Waals surface area contributed by atoms with Gasteiger partial charge in [0.05, 0.1) is 0 Å². The van der Waals surface area contributed by atoms with Crippen LogP contribution in [0.25, 0.3) is 0 Å². The molecule has 2 atom stereocenters. The van der Waals surface area contributed by atoms with Crippen molar-refractivity contribution in [3.63, 3.8) is 0 Å². The first-order valence-corrected chi connectivity index (χ1v) is 9.00. The van der Waals surface area contributed by atoms with Gasteiger partial charge in [0.15, 0.2) is 0 Å². The number of hydrogen-bond acceptors (Lipinski definition) is 2. The Morgan fingerprint density at radius 2 is 1.04 bits per heavy atom. The van der Waals surface area contributed by atoms with E-state index in [9.17, 15) is 0 Å². The molecule has 2 fully saturated rings. The highest BCUT2D eigenvalue weighted by atomic mass is 35.5. The molecular weight excluding hydrogens is 316 g/mol. The van der Waals surface area contributed by atoms with Crippen LogP contribution >= 0.6 is 12.4 Å². The number of halogens is 1. The molecule has 130 valence electrons. The van der Waals surface area contributed by atoms with E-state index >= 15 is 0 Å². The summed E-state index contributed by atoms with van der Waals surface area (Å²) in [6.07, 6.45) is 6.61. The van der Waals surface area contributed by atoms with Crippen LogP contribution in [0.1, 0.15) is 55.3 Å². The van der Waals surface area contributed by atoms with Gasteiger partial charge in [-0.25, -0.2) is 0 Å². The Morgan fingerprint density at radius 3 is 1.46 bits per heavy atom. The number of hydrogen-bond donors (Lipinski definition) is 2. The lowest BCUT2D eigenvalue weighted by molar-refractivity contribution is 0.412. The summed E-state index contributed by atoms with van der Waals surface area (Å²) in [4.78, 5) is 0. The Morgan fingerprint density at radius 1 is 0.583 bits per heavy atom. The van der Waals surface area contributed by atoms with Crippen molar-refractivity contribution < 1.29 is 0 Å². The first kappa shape index (κ1) is 19.0. The molecule has 0 radical (unpaired) electrons. The summed E-state index contributed by atoms with van der Waals surface area (Å²) >= 11 is 0. The first-order valence-electron chi connectivity index (χ1n) is 9.00. The predicted octanol–water partition coefficient (Wildman–Crippen LogP) is 5.03. The number of piperidine rings is 1. The van der Waals surface area contributed by atoms with E-state index < -0.39 is 0 Å². The van der Waals surface area contributed by atoms with Crippen molar-refractivity contribution in [2.75, 3.05) is 13.1 Å². The SMILES string of the molecule is Cl.c1ccc(C2CCCCN2)cc1.c1ccc([C@@H]2CCCN2)cc1. The highest BCUT2D eigenvalue weighted by molar-refractivity contribution is 5.85. The Balaban J connectivity index is 0.000000167. The summed E-state index contributed by atoms with van der Waals surface area (Å²) in [5.41, 5.74) is 2.88. The minimum atomic E-state index is 0. The third-order valence-electron chi connectivity index (χ3n) is 4.77. The van der Waals surface area contributed by atoms with Crippen LogP contribution in [0.2, 0.25) is 0 Å². The molecule has 0 aromatic heterocycles. The van der Waals surface area contributed by atoms with Gasteiger partial charge in [0, 0.05) is 12.1 Å². The number of nitrogens with one attached hydrogen (secondary N) is 2. The van der Waals surface area contributed by atoms with E-state index in [1.165, 1.54) is 56.3 Å². The van der Waals surface area contributed by atoms with Crippen molar-refractivity contribution in [3.05, 3.63) is 71.8 Å². The molecule has 2 heterocycles. The monoisotopic (exact) mass is 344 g/mol. The Kier molecular flexibility index (Phi) is 8.31. The molecule has 2 aromatic carbocycles. The average Bonchev–Trinajstić information content (AvgIpc) is 3.19. The molecule has 2 N–H and O–H groups in total. The van der Waals surface area contributed by atoms with Gasteiger partial charge in [-0.1, -0.05) is 67.1 Å². The molecule has 0 aliphatic carbocycles. The second-order valence-electron chi connectivity index (χ2n) is 6.47. The van der Waals surface area contributed by atoms with Crippen molar-refractivity contribution in [2.24, 2.45) is 0 Å². The minimum absolute atomic E-state index is 0. The van der Waals surface area contributed by atoms with Crippen molar-refractivity contribution in [2.45, 2.75) is 44.2 Å². The summed E-state index contributed by atoms with van der Waals surface area (Å²) in [6.45, 7) is 2.36. The summed E-state index contributed by atoms with van der Waals surface area (Å²) in [5.74, 6) is 0. The molecule has 2 aromatic rings. The van der Waals surface area contributed by atoms with Crippen LogP contribution in [0.4, 0.5) is 0 Å². The minimum Gasteiger partial charge on any atom is -0.310 e. The molecule has 0 saturated carbocycles. The van der Waals surface area contributed by atoms with Crippen LogP contribution in [0.15, 0.2) is 60.7 Å². The molecular formula is C21H29ClN2. The summed E-state index contributed by atoms with van der Waals surface area (Å²) in [6, 6.07) is 22.6. The Bertz CT molecular complexity index is 547. The van der Waals surface area contributed by atoms with Crippen molar-refractivity contribution in [3.8, 4) is 0 Å². The molecule has 0 spiro atoms. The number of benzene rings is 2. The van der Waals surface area contributed by atoms with Crippen molar-refractivity contribution in [1.82, 2.24) is 10.6 Å². The normalized spacial score (nSPS) is 22.8. The second kappa shape index (κ2) is 10.5. The van der Waals surface area contributed by atoms with E-state index in [1.807, 2.05) is 0 Å². The molecule has 2 saturated heterocycles. The molecule has 2 aliphatic rings. The fourth-order valence-corrected chi connectivity index (χ4v) is 3.48. The fourth-order valence-electron chi connectivity index (χ4n) is 3.48. The maximum absolute atomic E-state index is 3.54. The van der Waals surface area contributed by atoms with E-state index in [-0.39, 0.29) is 12.4 Å². The van der Waals surface area contributed by atoms with E-state index in [0.717, 1.165) is 0 Å². The molecule has 1 unspecified atom stereocenters. The van der Waals surface area contributed by atoms with Gasteiger partial charge < -0.3 is 10.6 Å². The van der Waals surface area contributed by atoms with Crippen LogP contribution in [-0.4, -0.2) is 13.1 Å². The fraction of sp³-hybridized carbons (Fsp3) is 0.429. The third kappa shape index (κ3) is 5.62. The molecule has 3 heteroatoms. The van der Waals surface area contributed by atoms with Crippen LogP contribution in [-0.2, 0) is 0 Å². The standard InChI is InChI=1S/C11H15N.C10H13N.ClH/c1-2-6-10(7-3-1)11-8-4-5-9-12-11;1-2-5-9(6-3-1)10-7-4-8-11-10;/h1-3,6-7,11-12H,4-5,8-9H2;1-3,5-6,10-11H,4,7-8H2;1H/t;10-;/m.0./s1. The smallest absolute Gasteiger partial charge is 0.0320 e. The summed E-state index contributed by atoms with van der Waals surface area (Å²) < 4.78 is 0. The lowest BCUT2D eigenvalue weighted by Crippen LogP contribution is -2.26. The van der Waals surface area contributed by atoms with Gasteiger partial charge in [-0.2, -0.15) is 0 Å². The zero-order valence-electron chi connectivity index (χ0n) is 14.3. The third-order valence-corrected chi connectivity index (χ3v) is 4.77. The topological polar surface area (TPSA) is 24.1 Å². The van der Waals surface area contributed by atoms with E-state index in [2.05, 4.69) is 71.3 Å². The summed E-state index contributed by atoms with van der Waals surface area (Å²) in [7, 11) is 0. The van der Waals surface area contributed by atoms with Gasteiger partial charge in [-0.3, -0.25) is 0 Å². The van der Waals surface area contributed by atoms with Crippen molar-refractivity contribution >= 4 is 12.4 Å². The van der Waals surface area contributed by atoms with Crippen LogP contribution < -0.4 is 10.6 Å². The molecule has 0 amide bonds. The van der Waals surface area contributed by atoms with Gasteiger partial charge in [0.1, 0.15) is 0 Å². The lowest BCUT2D eigenvalue weighted by atomic mass is 9.98. The summed E-state index contributed by atoms with van der Waals surface area (Å²) in [5, 5.41) is 7.01. The highest BCUT2D eigenvalue weighted by Crippen LogP contribution is 2.22. The Labute approximate surface area is 152 Å². The lowest BCUT2D eigenvalue weighted by Gasteiger charge is -2.23. The first-order chi connectivity index (χ1) is 11.4. The zero-order chi connectivity index (χ0) is 15.7. The van der Waals surface area contributed by atoms with Gasteiger partial charge in [-0.15, -0.1) is 12.4 Å². The Hall–Kier alpha value is -1.35. The largest absolute Gasteiger partial charge is 0.310 e. The maximum atomic E-state index is 3.54. The maximum Gasteiger partial charge on any atom is 0.0320 e. The van der Waals surface area contributed by atoms with E-state index in [4.69, 9.17) is 0 Å². The van der Waals surface area contributed by atoms with Gasteiger partial charge >= 0.3 is 0 Å². The van der Waals surface area contributed by atoms with Gasteiger partial charge in [0.25, 0.3) is 0 Å². The number of rotatable bonds is 2. The van der Waals surface area contributed by atoms with Crippen molar-refractivity contribution in [1.29, 1.82) is 0 Å². The van der Waals surface area contributed by atoms with Crippen LogP contribution in [0.5, 0.6) is 0 Å². The average molecular weight is 345 g/mol. The van der Waals surface area contributed by atoms with Crippen LogP contribution in [0, 0.1) is 0 Å². The quantitative estimate of drug-likeness (QED) is 0.798. The molecule has 0 bridgehead atoms. The highest BCUT2D eigenvalue weighted by Gasteiger charge is 2.14. The molecule has 4 rings (SSSR count). The molecule has 2 nitrogen and oxygen atoms in total.